The maximum Gasteiger partial charge on any atom is 0.363 e. The predicted molar refractivity (Wildman–Crippen MR) is 135 cm³/mol. The molecule has 3 aromatic rings. The van der Waals surface area contributed by atoms with Crippen molar-refractivity contribution in [3.05, 3.63) is 103 Å². The van der Waals surface area contributed by atoms with Crippen LogP contribution in [0.15, 0.2) is 75.8 Å². The van der Waals surface area contributed by atoms with Crippen molar-refractivity contribution in [2.24, 2.45) is 4.99 Å². The summed E-state index contributed by atoms with van der Waals surface area (Å²) in [6, 6.07) is 15.0. The zero-order valence-electron chi connectivity index (χ0n) is 18.6. The van der Waals surface area contributed by atoms with E-state index in [0.29, 0.717) is 32.8 Å². The van der Waals surface area contributed by atoms with Crippen LogP contribution in [-0.4, -0.2) is 29.4 Å². The highest BCUT2D eigenvalue weighted by molar-refractivity contribution is 9.10. The molecule has 0 unspecified atom stereocenters. The Morgan fingerprint density at radius 2 is 1.86 bits per heavy atom. The number of carbonyl (C=O) groups excluding carboxylic acids is 2. The molecule has 3 aromatic carbocycles. The summed E-state index contributed by atoms with van der Waals surface area (Å²) in [5.41, 5.74) is 1.17. The van der Waals surface area contributed by atoms with Crippen LogP contribution >= 0.6 is 27.5 Å². The molecule has 0 amide bonds. The standard InChI is InChI=1S/C25H16BrClN2O7/c1-2-34-21-13-14(11-19(26)22(21)35-24(30)16-3-7-17(27)8-4-16)12-20-25(31)36-23(28-20)15-5-9-18(10-6-15)29(32)33/h3-13H,2H2,1H3/b20-12-. The monoisotopic (exact) mass is 570 g/mol. The summed E-state index contributed by atoms with van der Waals surface area (Å²) >= 11 is 9.27. The van der Waals surface area contributed by atoms with Crippen LogP contribution in [0.25, 0.3) is 6.08 Å². The average Bonchev–Trinajstić information content (AvgIpc) is 3.21. The molecule has 0 atom stereocenters. The molecule has 0 fully saturated rings. The molecule has 0 aliphatic carbocycles. The van der Waals surface area contributed by atoms with E-state index >= 15 is 0 Å². The van der Waals surface area contributed by atoms with Gasteiger partial charge in [-0.2, -0.15) is 0 Å². The Labute approximate surface area is 218 Å². The van der Waals surface area contributed by atoms with Crippen LogP contribution in [0.2, 0.25) is 5.02 Å². The van der Waals surface area contributed by atoms with Crippen molar-refractivity contribution in [2.45, 2.75) is 6.92 Å². The number of hydrogen-bond acceptors (Lipinski definition) is 8. The minimum Gasteiger partial charge on any atom is -0.490 e. The van der Waals surface area contributed by atoms with Crippen molar-refractivity contribution < 1.29 is 28.7 Å². The Kier molecular flexibility index (Phi) is 7.47. The van der Waals surface area contributed by atoms with Gasteiger partial charge in [0, 0.05) is 22.7 Å². The van der Waals surface area contributed by atoms with Crippen molar-refractivity contribution in [3.63, 3.8) is 0 Å². The number of nitro benzene ring substituents is 1. The lowest BCUT2D eigenvalue weighted by molar-refractivity contribution is -0.384. The van der Waals surface area contributed by atoms with Gasteiger partial charge in [-0.3, -0.25) is 10.1 Å². The zero-order valence-corrected chi connectivity index (χ0v) is 20.9. The van der Waals surface area contributed by atoms with Crippen molar-refractivity contribution >= 4 is 57.1 Å². The maximum atomic E-state index is 12.6. The van der Waals surface area contributed by atoms with E-state index in [4.69, 9.17) is 25.8 Å². The van der Waals surface area contributed by atoms with Gasteiger partial charge in [-0.1, -0.05) is 11.6 Å². The van der Waals surface area contributed by atoms with Crippen LogP contribution < -0.4 is 9.47 Å². The zero-order chi connectivity index (χ0) is 25.8. The summed E-state index contributed by atoms with van der Waals surface area (Å²) in [7, 11) is 0. The van der Waals surface area contributed by atoms with E-state index in [0.717, 1.165) is 0 Å². The fourth-order valence-electron chi connectivity index (χ4n) is 3.19. The molecule has 1 aliphatic rings. The van der Waals surface area contributed by atoms with Gasteiger partial charge in [0.15, 0.2) is 17.2 Å². The molecule has 182 valence electrons. The molecule has 0 saturated heterocycles. The number of aliphatic imine (C=N–C) groups is 1. The number of halogens is 2. The van der Waals surface area contributed by atoms with E-state index in [1.807, 2.05) is 0 Å². The van der Waals surface area contributed by atoms with E-state index in [-0.39, 0.29) is 28.8 Å². The number of nitro groups is 1. The highest BCUT2D eigenvalue weighted by Gasteiger charge is 2.25. The molecule has 0 bridgehead atoms. The molecule has 0 spiro atoms. The summed E-state index contributed by atoms with van der Waals surface area (Å²) in [6.45, 7) is 2.07. The third kappa shape index (κ3) is 5.61. The van der Waals surface area contributed by atoms with Crippen LogP contribution in [0, 0.1) is 10.1 Å². The number of hydrogen-bond donors (Lipinski definition) is 0. The average molecular weight is 572 g/mol. The molecule has 0 N–H and O–H groups in total. The van der Waals surface area contributed by atoms with E-state index in [2.05, 4.69) is 20.9 Å². The molecular formula is C25H16BrClN2O7. The van der Waals surface area contributed by atoms with Crippen LogP contribution in [0.5, 0.6) is 11.5 Å². The first kappa shape index (κ1) is 25.1. The predicted octanol–water partition coefficient (Wildman–Crippen LogP) is 5.97. The first-order valence-corrected chi connectivity index (χ1v) is 11.6. The quantitative estimate of drug-likeness (QED) is 0.113. The van der Waals surface area contributed by atoms with Gasteiger partial charge in [-0.15, -0.1) is 0 Å². The molecule has 0 saturated carbocycles. The van der Waals surface area contributed by atoms with Crippen molar-refractivity contribution in [3.8, 4) is 11.5 Å². The number of carbonyl (C=O) groups is 2. The lowest BCUT2D eigenvalue weighted by Crippen LogP contribution is -2.10. The number of esters is 2. The first-order chi connectivity index (χ1) is 17.2. The second-order valence-electron chi connectivity index (χ2n) is 7.30. The Balaban J connectivity index is 1.62. The summed E-state index contributed by atoms with van der Waals surface area (Å²) in [4.78, 5) is 39.5. The van der Waals surface area contributed by atoms with Gasteiger partial charge in [0.1, 0.15) is 0 Å². The third-order valence-electron chi connectivity index (χ3n) is 4.86. The van der Waals surface area contributed by atoms with E-state index in [9.17, 15) is 19.7 Å². The molecule has 0 aromatic heterocycles. The van der Waals surface area contributed by atoms with E-state index < -0.39 is 16.9 Å². The molecule has 4 rings (SSSR count). The van der Waals surface area contributed by atoms with E-state index in [1.54, 1.807) is 43.3 Å². The van der Waals surface area contributed by atoms with Gasteiger partial charge in [0.25, 0.3) is 5.69 Å². The minimum atomic E-state index is -0.685. The normalized spacial score (nSPS) is 13.8. The largest absolute Gasteiger partial charge is 0.490 e. The van der Waals surface area contributed by atoms with Gasteiger partial charge in [-0.25, -0.2) is 14.6 Å². The number of cyclic esters (lactones) is 1. The van der Waals surface area contributed by atoms with Crippen LogP contribution in [0.1, 0.15) is 28.4 Å². The highest BCUT2D eigenvalue weighted by atomic mass is 79.9. The third-order valence-corrected chi connectivity index (χ3v) is 5.70. The van der Waals surface area contributed by atoms with Gasteiger partial charge in [-0.05, 0) is 83.0 Å². The first-order valence-electron chi connectivity index (χ1n) is 10.5. The summed E-state index contributed by atoms with van der Waals surface area (Å²) in [5.74, 6) is -0.819. The number of non-ortho nitro benzene ring substituents is 1. The number of nitrogens with zero attached hydrogens (tertiary/aromatic N) is 2. The van der Waals surface area contributed by atoms with Crippen molar-refractivity contribution in [1.82, 2.24) is 0 Å². The molecule has 36 heavy (non-hydrogen) atoms. The molecule has 11 heteroatoms. The molecular weight excluding hydrogens is 556 g/mol. The number of benzene rings is 3. The molecule has 0 radical (unpaired) electrons. The lowest BCUT2D eigenvalue weighted by atomic mass is 10.1. The lowest BCUT2D eigenvalue weighted by Gasteiger charge is -2.13. The fraction of sp³-hybridized carbons (Fsp3) is 0.0800. The molecule has 1 heterocycles. The second-order valence-corrected chi connectivity index (χ2v) is 8.59. The number of ether oxygens (including phenoxy) is 3. The summed E-state index contributed by atoms with van der Waals surface area (Å²) in [6.07, 6.45) is 1.48. The summed E-state index contributed by atoms with van der Waals surface area (Å²) in [5, 5.41) is 11.3. The molecule has 9 nitrogen and oxygen atoms in total. The Morgan fingerprint density at radius 1 is 1.17 bits per heavy atom. The highest BCUT2D eigenvalue weighted by Crippen LogP contribution is 2.38. The SMILES string of the molecule is CCOc1cc(/C=C2\N=C(c3ccc([N+](=O)[O-])cc3)OC2=O)cc(Br)c1OC(=O)c1ccc(Cl)cc1. The van der Waals surface area contributed by atoms with Crippen LogP contribution in [0.3, 0.4) is 0 Å². The Morgan fingerprint density at radius 3 is 2.50 bits per heavy atom. The fourth-order valence-corrected chi connectivity index (χ4v) is 3.85. The molecule has 1 aliphatic heterocycles. The number of rotatable bonds is 7. The Hall–Kier alpha value is -4.02. The van der Waals surface area contributed by atoms with Gasteiger partial charge >= 0.3 is 11.9 Å². The van der Waals surface area contributed by atoms with Gasteiger partial charge in [0.05, 0.1) is 21.6 Å². The van der Waals surface area contributed by atoms with Gasteiger partial charge in [0.2, 0.25) is 5.90 Å². The van der Waals surface area contributed by atoms with Crippen molar-refractivity contribution in [1.29, 1.82) is 0 Å². The van der Waals surface area contributed by atoms with Crippen LogP contribution in [-0.2, 0) is 9.53 Å². The van der Waals surface area contributed by atoms with Crippen molar-refractivity contribution in [2.75, 3.05) is 6.61 Å². The van der Waals surface area contributed by atoms with E-state index in [1.165, 1.54) is 30.3 Å². The Bertz CT molecular complexity index is 1420. The smallest absolute Gasteiger partial charge is 0.363 e. The minimum absolute atomic E-state index is 0.0172. The van der Waals surface area contributed by atoms with Crippen LogP contribution in [0.4, 0.5) is 5.69 Å². The summed E-state index contributed by atoms with van der Waals surface area (Å²) < 4.78 is 16.9. The maximum absolute atomic E-state index is 12.6. The topological polar surface area (TPSA) is 117 Å². The second kappa shape index (κ2) is 10.7. The van der Waals surface area contributed by atoms with Gasteiger partial charge < -0.3 is 14.2 Å².